The third-order valence-corrected chi connectivity index (χ3v) is 5.25. The lowest BCUT2D eigenvalue weighted by Gasteiger charge is -2.05. The Morgan fingerprint density at radius 3 is 2.81 bits per heavy atom. The molecule has 132 valence electrons. The number of aryl methyl sites for hydroxylation is 2. The highest BCUT2D eigenvalue weighted by molar-refractivity contribution is 7.98. The van der Waals surface area contributed by atoms with Gasteiger partial charge in [-0.3, -0.25) is 4.79 Å². The van der Waals surface area contributed by atoms with Gasteiger partial charge in [0.15, 0.2) is 5.65 Å². The third kappa shape index (κ3) is 2.99. The second-order valence-electron chi connectivity index (χ2n) is 6.21. The molecule has 4 aromatic rings. The summed E-state index contributed by atoms with van der Waals surface area (Å²) in [5.74, 6) is 0.636. The van der Waals surface area contributed by atoms with Crippen molar-refractivity contribution in [2.75, 3.05) is 0 Å². The summed E-state index contributed by atoms with van der Waals surface area (Å²) < 4.78 is 3.77. The van der Waals surface area contributed by atoms with Crippen LogP contribution in [-0.2, 0) is 19.3 Å². The van der Waals surface area contributed by atoms with Crippen molar-refractivity contribution in [3.8, 4) is 0 Å². The molecule has 0 aliphatic carbocycles. The van der Waals surface area contributed by atoms with E-state index in [-0.39, 0.29) is 5.56 Å². The summed E-state index contributed by atoms with van der Waals surface area (Å²) in [4.78, 5) is 16.5. The molecule has 0 saturated heterocycles. The van der Waals surface area contributed by atoms with E-state index in [2.05, 4.69) is 33.8 Å². The van der Waals surface area contributed by atoms with Crippen LogP contribution in [0.1, 0.15) is 18.9 Å². The second kappa shape index (κ2) is 6.92. The Morgan fingerprint density at radius 1 is 1.15 bits per heavy atom. The first-order valence-corrected chi connectivity index (χ1v) is 9.56. The maximum Gasteiger partial charge on any atom is 0.250 e. The van der Waals surface area contributed by atoms with E-state index in [1.165, 1.54) is 11.8 Å². The smallest absolute Gasteiger partial charge is 0.250 e. The molecular weight excluding hydrogens is 346 g/mol. The molecule has 0 radical (unpaired) electrons. The average Bonchev–Trinajstić information content (AvgIpc) is 2.97. The van der Waals surface area contributed by atoms with E-state index < -0.39 is 0 Å². The van der Waals surface area contributed by atoms with Crippen LogP contribution in [-0.4, -0.2) is 24.3 Å². The van der Waals surface area contributed by atoms with Crippen LogP contribution in [0.15, 0.2) is 52.5 Å². The lowest BCUT2D eigenvalue weighted by molar-refractivity contribution is 0.709. The fourth-order valence-electron chi connectivity index (χ4n) is 3.03. The van der Waals surface area contributed by atoms with E-state index in [9.17, 15) is 4.79 Å². The highest BCUT2D eigenvalue weighted by Gasteiger charge is 2.14. The fraction of sp³-hybridized carbons (Fsp3) is 0.263. The second-order valence-corrected chi connectivity index (χ2v) is 7.15. The van der Waals surface area contributed by atoms with Gasteiger partial charge in [-0.2, -0.15) is 0 Å². The summed E-state index contributed by atoms with van der Waals surface area (Å²) in [6.45, 7) is 3.04. The fourth-order valence-corrected chi connectivity index (χ4v) is 3.75. The molecule has 0 saturated carbocycles. The third-order valence-electron chi connectivity index (χ3n) is 4.34. The molecule has 0 aliphatic heterocycles. The number of hydrogen-bond donors (Lipinski definition) is 0. The van der Waals surface area contributed by atoms with Crippen LogP contribution in [0.2, 0.25) is 0 Å². The van der Waals surface area contributed by atoms with Crippen molar-refractivity contribution in [1.29, 1.82) is 0 Å². The van der Waals surface area contributed by atoms with Crippen LogP contribution in [0.5, 0.6) is 0 Å². The molecule has 0 unspecified atom stereocenters. The molecule has 0 amide bonds. The van der Waals surface area contributed by atoms with Gasteiger partial charge in [0.2, 0.25) is 5.16 Å². The van der Waals surface area contributed by atoms with Crippen LogP contribution in [0, 0.1) is 0 Å². The van der Waals surface area contributed by atoms with Gasteiger partial charge in [-0.15, -0.1) is 10.2 Å². The Hall–Kier alpha value is -2.67. The molecule has 0 N–H and O–H groups in total. The lowest BCUT2D eigenvalue weighted by Crippen LogP contribution is -2.14. The summed E-state index contributed by atoms with van der Waals surface area (Å²) >= 11 is 1.49. The van der Waals surface area contributed by atoms with Crippen LogP contribution in [0.4, 0.5) is 0 Å². The summed E-state index contributed by atoms with van der Waals surface area (Å²) in [5.41, 5.74) is 3.79. The van der Waals surface area contributed by atoms with Gasteiger partial charge in [0, 0.05) is 37.0 Å². The van der Waals surface area contributed by atoms with Gasteiger partial charge in [-0.05, 0) is 24.1 Å². The van der Waals surface area contributed by atoms with Crippen LogP contribution >= 0.6 is 11.8 Å². The van der Waals surface area contributed by atoms with Crippen molar-refractivity contribution in [3.05, 3.63) is 58.5 Å². The largest absolute Gasteiger partial charge is 0.324 e. The van der Waals surface area contributed by atoms with Gasteiger partial charge in [-0.1, -0.05) is 36.9 Å². The summed E-state index contributed by atoms with van der Waals surface area (Å²) in [5, 5.41) is 10.4. The molecule has 0 bridgehead atoms. The first-order chi connectivity index (χ1) is 12.7. The lowest BCUT2D eigenvalue weighted by atomic mass is 10.2. The van der Waals surface area contributed by atoms with Gasteiger partial charge in [0.1, 0.15) is 5.52 Å². The first kappa shape index (κ1) is 16.8. The number of benzene rings is 1. The van der Waals surface area contributed by atoms with Crippen molar-refractivity contribution in [1.82, 2.24) is 24.3 Å². The van der Waals surface area contributed by atoms with E-state index in [0.29, 0.717) is 10.9 Å². The Balaban J connectivity index is 1.70. The summed E-state index contributed by atoms with van der Waals surface area (Å²) in [7, 11) is 1.74. The van der Waals surface area contributed by atoms with Crippen LogP contribution in [0.25, 0.3) is 22.1 Å². The predicted molar refractivity (Wildman–Crippen MR) is 104 cm³/mol. The predicted octanol–water partition coefficient (Wildman–Crippen LogP) is 3.38. The van der Waals surface area contributed by atoms with Crippen molar-refractivity contribution in [3.63, 3.8) is 0 Å². The molecule has 0 fully saturated rings. The Bertz CT molecular complexity index is 1150. The molecule has 7 heteroatoms. The van der Waals surface area contributed by atoms with Crippen molar-refractivity contribution >= 4 is 33.8 Å². The maximum atomic E-state index is 11.7. The Labute approximate surface area is 154 Å². The topological polar surface area (TPSA) is 65.6 Å². The molecule has 3 heterocycles. The number of aromatic nitrogens is 5. The molecule has 0 spiro atoms. The monoisotopic (exact) mass is 365 g/mol. The number of rotatable bonds is 5. The summed E-state index contributed by atoms with van der Waals surface area (Å²) in [6.07, 6.45) is 2.80. The quantitative estimate of drug-likeness (QED) is 0.507. The number of nitrogens with zero attached hydrogens (tertiary/aromatic N) is 5. The van der Waals surface area contributed by atoms with E-state index >= 15 is 0 Å². The molecule has 6 nitrogen and oxygen atoms in total. The number of fused-ring (bicyclic) bond motifs is 3. The van der Waals surface area contributed by atoms with Gasteiger partial charge < -0.3 is 9.13 Å². The standard InChI is InChI=1S/C19H19N5OS/c1-3-9-24-15-7-5-4-6-14(15)17-18(24)20-19(22-21-17)26-12-13-8-10-23(2)16(25)11-13/h4-8,10-11H,3,9,12H2,1-2H3. The highest BCUT2D eigenvalue weighted by atomic mass is 32.2. The highest BCUT2D eigenvalue weighted by Crippen LogP contribution is 2.28. The first-order valence-electron chi connectivity index (χ1n) is 8.57. The van der Waals surface area contributed by atoms with Crippen LogP contribution in [0.3, 0.4) is 0 Å². The van der Waals surface area contributed by atoms with E-state index in [1.807, 2.05) is 18.2 Å². The normalized spacial score (nSPS) is 11.5. The number of hydrogen-bond acceptors (Lipinski definition) is 5. The van der Waals surface area contributed by atoms with E-state index in [0.717, 1.165) is 40.6 Å². The molecule has 1 aromatic carbocycles. The zero-order valence-corrected chi connectivity index (χ0v) is 15.5. The minimum atomic E-state index is -0.0133. The van der Waals surface area contributed by atoms with E-state index in [1.54, 1.807) is 23.9 Å². The van der Waals surface area contributed by atoms with E-state index in [4.69, 9.17) is 4.98 Å². The van der Waals surface area contributed by atoms with Crippen molar-refractivity contribution in [2.45, 2.75) is 30.8 Å². The van der Waals surface area contributed by atoms with Gasteiger partial charge in [-0.25, -0.2) is 4.98 Å². The number of thioether (sulfide) groups is 1. The van der Waals surface area contributed by atoms with Gasteiger partial charge >= 0.3 is 0 Å². The zero-order valence-electron chi connectivity index (χ0n) is 14.7. The molecule has 4 rings (SSSR count). The Kier molecular flexibility index (Phi) is 4.46. The molecule has 3 aromatic heterocycles. The molecule has 0 aliphatic rings. The SMILES string of the molecule is CCCn1c2ccccc2c2nnc(SCc3ccn(C)c(=O)c3)nc21. The number of para-hydroxylation sites is 1. The number of pyridine rings is 1. The maximum absolute atomic E-state index is 11.7. The summed E-state index contributed by atoms with van der Waals surface area (Å²) in [6, 6.07) is 11.8. The van der Waals surface area contributed by atoms with Crippen molar-refractivity contribution < 1.29 is 0 Å². The van der Waals surface area contributed by atoms with Crippen LogP contribution < -0.4 is 5.56 Å². The minimum absolute atomic E-state index is 0.0133. The molecular formula is C19H19N5OS. The Morgan fingerprint density at radius 2 is 2.00 bits per heavy atom. The minimum Gasteiger partial charge on any atom is -0.324 e. The zero-order chi connectivity index (χ0) is 18.1. The van der Waals surface area contributed by atoms with Crippen molar-refractivity contribution in [2.24, 2.45) is 7.05 Å². The van der Waals surface area contributed by atoms with Gasteiger partial charge in [0.05, 0.1) is 5.52 Å². The molecule has 26 heavy (non-hydrogen) atoms. The van der Waals surface area contributed by atoms with Gasteiger partial charge in [0.25, 0.3) is 5.56 Å². The average molecular weight is 365 g/mol. The molecule has 0 atom stereocenters.